The van der Waals surface area contributed by atoms with Gasteiger partial charge in [0.15, 0.2) is 6.23 Å². The van der Waals surface area contributed by atoms with Crippen LogP contribution in [0.4, 0.5) is 11.6 Å². The van der Waals surface area contributed by atoms with Crippen LogP contribution in [-0.4, -0.2) is 60.6 Å². The Morgan fingerprint density at radius 3 is 2.88 bits per heavy atom. The summed E-state index contributed by atoms with van der Waals surface area (Å²) in [4.78, 5) is 33.8. The molecule has 0 radical (unpaired) electrons. The van der Waals surface area contributed by atoms with Gasteiger partial charge >= 0.3 is 5.69 Å². The van der Waals surface area contributed by atoms with Gasteiger partial charge < -0.3 is 29.9 Å². The average Bonchev–Trinajstić information content (AvgIpc) is 3.00. The minimum Gasteiger partial charge on any atom is -0.394 e. The van der Waals surface area contributed by atoms with E-state index in [1.54, 1.807) is 0 Å². The fraction of sp³-hybridized carbons (Fsp3) is 0.429. The van der Waals surface area contributed by atoms with E-state index < -0.39 is 41.9 Å². The molecule has 11 heteroatoms. The van der Waals surface area contributed by atoms with E-state index in [2.05, 4.69) is 20.3 Å². The van der Waals surface area contributed by atoms with Crippen LogP contribution in [0.25, 0.3) is 10.8 Å². The Labute approximate surface area is 139 Å². The monoisotopic (exact) mass is 349 g/mol. The van der Waals surface area contributed by atoms with E-state index in [9.17, 15) is 24.9 Å². The van der Waals surface area contributed by atoms with Crippen molar-refractivity contribution in [3.63, 3.8) is 0 Å². The zero-order valence-corrected chi connectivity index (χ0v) is 13.0. The van der Waals surface area contributed by atoms with Gasteiger partial charge in [-0.15, -0.1) is 0 Å². The number of anilines is 1. The van der Waals surface area contributed by atoms with E-state index in [0.717, 1.165) is 0 Å². The Bertz CT molecular complexity index is 1010. The van der Waals surface area contributed by atoms with E-state index in [1.807, 2.05) is 0 Å². The average molecular weight is 349 g/mol. The highest BCUT2D eigenvalue weighted by Gasteiger charge is 2.53. The maximum Gasteiger partial charge on any atom is 0.349 e. The number of nitrogens with zero attached hydrogens (tertiary/aromatic N) is 3. The van der Waals surface area contributed by atoms with Crippen molar-refractivity contribution in [2.24, 2.45) is 4.99 Å². The van der Waals surface area contributed by atoms with E-state index in [0.29, 0.717) is 0 Å². The molecular formula is C14H15N5O6. The van der Waals surface area contributed by atoms with Crippen LogP contribution in [0.5, 0.6) is 0 Å². The molecular weight excluding hydrogens is 334 g/mol. The number of aliphatic hydroxyl groups is 3. The van der Waals surface area contributed by atoms with Gasteiger partial charge in [0.25, 0.3) is 5.56 Å². The largest absolute Gasteiger partial charge is 0.394 e. The predicted molar refractivity (Wildman–Crippen MR) is 86.0 cm³/mol. The second-order valence-corrected chi connectivity index (χ2v) is 6.15. The Morgan fingerprint density at radius 2 is 2.20 bits per heavy atom. The summed E-state index contributed by atoms with van der Waals surface area (Å²) in [7, 11) is 0. The maximum atomic E-state index is 12.2. The van der Waals surface area contributed by atoms with Crippen LogP contribution in [0.15, 0.2) is 20.8 Å². The second kappa shape index (κ2) is 5.20. The normalized spacial score (nSPS) is 30.6. The van der Waals surface area contributed by atoms with Crippen LogP contribution in [0.1, 0.15) is 13.2 Å². The lowest BCUT2D eigenvalue weighted by atomic mass is 9.96. The van der Waals surface area contributed by atoms with Gasteiger partial charge in [-0.05, 0) is 6.92 Å². The Kier molecular flexibility index (Phi) is 3.30. The molecule has 4 heterocycles. The van der Waals surface area contributed by atoms with Gasteiger partial charge in [-0.2, -0.15) is 4.98 Å². The molecule has 0 amide bonds. The molecule has 1 saturated heterocycles. The summed E-state index contributed by atoms with van der Waals surface area (Å²) >= 11 is 0. The van der Waals surface area contributed by atoms with Gasteiger partial charge in [0.05, 0.1) is 23.7 Å². The molecule has 5 N–H and O–H groups in total. The zero-order valence-electron chi connectivity index (χ0n) is 13.0. The molecule has 132 valence electrons. The van der Waals surface area contributed by atoms with Gasteiger partial charge in [0, 0.05) is 6.20 Å². The molecule has 2 aromatic heterocycles. The highest BCUT2D eigenvalue weighted by atomic mass is 16.6. The number of hydrogen-bond acceptors (Lipinski definition) is 9. The number of aromatic amines is 1. The first-order valence-electron chi connectivity index (χ1n) is 7.49. The number of aliphatic hydroxyl groups excluding tert-OH is 2. The SMILES string of the molecule is C[C@]1(O)[C@H](O)[C@@H](CO)O[C@H]1n1cc2c(=O)[nH]c(=O)nc3c2c1N=CN3. The van der Waals surface area contributed by atoms with E-state index in [1.165, 1.54) is 24.0 Å². The van der Waals surface area contributed by atoms with E-state index >= 15 is 0 Å². The number of aromatic nitrogens is 3. The van der Waals surface area contributed by atoms with Crippen molar-refractivity contribution in [2.45, 2.75) is 31.0 Å². The summed E-state index contributed by atoms with van der Waals surface area (Å²) in [6, 6.07) is 0. The fourth-order valence-corrected chi connectivity index (χ4v) is 3.23. The number of aliphatic imine (C=N–C) groups is 1. The zero-order chi connectivity index (χ0) is 17.9. The molecule has 25 heavy (non-hydrogen) atoms. The number of hydrogen-bond donors (Lipinski definition) is 5. The standard InChI is InChI=1S/C14H15N5O6/c1-14(24)8(21)6(3-20)25-12(14)19-2-5-7-9(15-4-16-10(7)19)17-13(23)18-11(5)22/h2,4,6,8,12,20-21,24H,3H2,1H3,(H2,15,16,17,18,22,23)/t6-,8-,12-,14+/m1/s1. The number of ether oxygens (including phenoxy) is 1. The van der Waals surface area contributed by atoms with Gasteiger partial charge in [0.1, 0.15) is 29.4 Å². The molecule has 0 unspecified atom stereocenters. The Hall–Kier alpha value is -2.60. The smallest absolute Gasteiger partial charge is 0.349 e. The van der Waals surface area contributed by atoms with Crippen molar-refractivity contribution in [1.82, 2.24) is 14.5 Å². The molecule has 2 aromatic rings. The van der Waals surface area contributed by atoms with Crippen LogP contribution in [0.3, 0.4) is 0 Å². The third kappa shape index (κ3) is 2.14. The Balaban J connectivity index is 2.00. The van der Waals surface area contributed by atoms with Gasteiger partial charge in [-0.25, -0.2) is 9.79 Å². The van der Waals surface area contributed by atoms with Crippen molar-refractivity contribution in [3.8, 4) is 0 Å². The first-order valence-corrected chi connectivity index (χ1v) is 7.49. The quantitative estimate of drug-likeness (QED) is 0.423. The van der Waals surface area contributed by atoms with Crippen molar-refractivity contribution < 1.29 is 20.1 Å². The van der Waals surface area contributed by atoms with Gasteiger partial charge in [-0.3, -0.25) is 9.78 Å². The molecule has 4 atom stereocenters. The molecule has 0 saturated carbocycles. The van der Waals surface area contributed by atoms with Crippen LogP contribution in [-0.2, 0) is 4.74 Å². The summed E-state index contributed by atoms with van der Waals surface area (Å²) in [5.74, 6) is 0.368. The molecule has 0 aliphatic carbocycles. The summed E-state index contributed by atoms with van der Waals surface area (Å²) in [6.45, 7) is 0.871. The summed E-state index contributed by atoms with van der Waals surface area (Å²) < 4.78 is 6.95. The van der Waals surface area contributed by atoms with Gasteiger partial charge in [0.2, 0.25) is 0 Å². The first-order chi connectivity index (χ1) is 11.8. The maximum absolute atomic E-state index is 12.2. The molecule has 4 rings (SSSR count). The van der Waals surface area contributed by atoms with Crippen LogP contribution in [0, 0.1) is 0 Å². The molecule has 11 nitrogen and oxygen atoms in total. The Morgan fingerprint density at radius 1 is 1.44 bits per heavy atom. The summed E-state index contributed by atoms with van der Waals surface area (Å²) in [5.41, 5.74) is -3.23. The van der Waals surface area contributed by atoms with Gasteiger partial charge in [-0.1, -0.05) is 0 Å². The molecule has 2 aliphatic heterocycles. The first kappa shape index (κ1) is 15.9. The summed E-state index contributed by atoms with van der Waals surface area (Å²) in [6.07, 6.45) is -0.797. The van der Waals surface area contributed by atoms with E-state index in [-0.39, 0.29) is 22.4 Å². The number of H-pyrrole nitrogens is 1. The van der Waals surface area contributed by atoms with E-state index in [4.69, 9.17) is 4.74 Å². The third-order valence-electron chi connectivity index (χ3n) is 4.50. The highest BCUT2D eigenvalue weighted by Crippen LogP contribution is 2.43. The lowest BCUT2D eigenvalue weighted by molar-refractivity contribution is -0.0955. The van der Waals surface area contributed by atoms with Crippen molar-refractivity contribution in [2.75, 3.05) is 11.9 Å². The summed E-state index contributed by atoms with van der Waals surface area (Å²) in [5, 5.41) is 33.2. The van der Waals surface area contributed by atoms with Crippen molar-refractivity contribution in [3.05, 3.63) is 27.0 Å². The highest BCUT2D eigenvalue weighted by molar-refractivity contribution is 6.05. The fourth-order valence-electron chi connectivity index (χ4n) is 3.23. The predicted octanol–water partition coefficient (Wildman–Crippen LogP) is -1.83. The molecule has 1 fully saturated rings. The lowest BCUT2D eigenvalue weighted by Gasteiger charge is -2.28. The van der Waals surface area contributed by atoms with Crippen molar-refractivity contribution in [1.29, 1.82) is 0 Å². The molecule has 0 bridgehead atoms. The molecule has 2 aliphatic rings. The second-order valence-electron chi connectivity index (χ2n) is 6.15. The van der Waals surface area contributed by atoms with Crippen LogP contribution < -0.4 is 16.6 Å². The van der Waals surface area contributed by atoms with Crippen LogP contribution in [0.2, 0.25) is 0 Å². The lowest BCUT2D eigenvalue weighted by Crippen LogP contribution is -2.44. The number of nitrogens with one attached hydrogen (secondary N) is 2. The molecule has 0 aromatic carbocycles. The minimum atomic E-state index is -1.74. The topological polar surface area (TPSA) is 162 Å². The van der Waals surface area contributed by atoms with Crippen LogP contribution >= 0.6 is 0 Å². The van der Waals surface area contributed by atoms with Crippen molar-refractivity contribution >= 4 is 28.7 Å². The minimum absolute atomic E-state index is 0.116. The third-order valence-corrected chi connectivity index (χ3v) is 4.50. The molecule has 0 spiro atoms. The number of rotatable bonds is 2.